The van der Waals surface area contributed by atoms with Crippen LogP contribution in [0.15, 0.2) is 36.5 Å². The van der Waals surface area contributed by atoms with E-state index in [1.54, 1.807) is 36.5 Å². The number of carbonyl (C=O) groups is 1. The summed E-state index contributed by atoms with van der Waals surface area (Å²) in [6.07, 6.45) is 2.27. The molecule has 0 spiro atoms. The van der Waals surface area contributed by atoms with E-state index >= 15 is 0 Å². The van der Waals surface area contributed by atoms with E-state index in [9.17, 15) is 4.79 Å². The molecule has 72 valence electrons. The molecule has 0 saturated carbocycles. The smallest absolute Gasteiger partial charge is 0.168 e. The monoisotopic (exact) mass is 197 g/mol. The Morgan fingerprint density at radius 3 is 3.00 bits per heavy atom. The van der Waals surface area contributed by atoms with Gasteiger partial charge in [0.05, 0.1) is 23.5 Å². The van der Waals surface area contributed by atoms with Gasteiger partial charge in [0.25, 0.3) is 0 Å². The quantitative estimate of drug-likeness (QED) is 0.686. The van der Waals surface area contributed by atoms with Crippen molar-refractivity contribution in [3.05, 3.63) is 47.8 Å². The van der Waals surface area contributed by atoms with Crippen LogP contribution in [0.3, 0.4) is 0 Å². The van der Waals surface area contributed by atoms with Crippen LogP contribution in [0.4, 0.5) is 0 Å². The van der Waals surface area contributed by atoms with Crippen molar-refractivity contribution in [1.82, 2.24) is 9.78 Å². The average Bonchev–Trinajstić information content (AvgIpc) is 2.77. The van der Waals surface area contributed by atoms with E-state index in [0.29, 0.717) is 16.9 Å². The molecule has 4 heteroatoms. The Bertz CT molecular complexity index is 537. The van der Waals surface area contributed by atoms with Crippen LogP contribution < -0.4 is 0 Å². The molecular formula is C11H7N3O. The van der Waals surface area contributed by atoms with Gasteiger partial charge in [0.1, 0.15) is 5.69 Å². The molecule has 2 rings (SSSR count). The minimum absolute atomic E-state index is 0.463. The first-order valence-electron chi connectivity index (χ1n) is 4.35. The van der Waals surface area contributed by atoms with Crippen molar-refractivity contribution in [1.29, 1.82) is 5.26 Å². The first-order chi connectivity index (χ1) is 7.35. The molecule has 1 aromatic carbocycles. The molecule has 2 aromatic rings. The highest BCUT2D eigenvalue weighted by Gasteiger charge is 2.03. The third kappa shape index (κ3) is 1.63. The summed E-state index contributed by atoms with van der Waals surface area (Å²) in [5.41, 5.74) is 1.71. The number of hydrogen-bond donors (Lipinski definition) is 0. The lowest BCUT2D eigenvalue weighted by atomic mass is 10.2. The fraction of sp³-hybridized carbons (Fsp3) is 0. The third-order valence-corrected chi connectivity index (χ3v) is 2.01. The van der Waals surface area contributed by atoms with Gasteiger partial charge < -0.3 is 0 Å². The summed E-state index contributed by atoms with van der Waals surface area (Å²) < 4.78 is 1.49. The normalized spacial score (nSPS) is 9.53. The van der Waals surface area contributed by atoms with Crippen molar-refractivity contribution in [2.75, 3.05) is 0 Å². The van der Waals surface area contributed by atoms with Crippen LogP contribution in [-0.4, -0.2) is 16.1 Å². The Morgan fingerprint density at radius 1 is 1.40 bits per heavy atom. The summed E-state index contributed by atoms with van der Waals surface area (Å²) in [4.78, 5) is 10.7. The topological polar surface area (TPSA) is 58.7 Å². The van der Waals surface area contributed by atoms with E-state index in [1.165, 1.54) is 4.68 Å². The van der Waals surface area contributed by atoms with Crippen molar-refractivity contribution in [2.24, 2.45) is 0 Å². The number of nitriles is 1. The van der Waals surface area contributed by atoms with Gasteiger partial charge in [-0.15, -0.1) is 0 Å². The Labute approximate surface area is 86.4 Å². The van der Waals surface area contributed by atoms with Crippen LogP contribution in [0.2, 0.25) is 0 Å². The molecule has 0 fully saturated rings. The number of carbonyl (C=O) groups excluding carboxylic acids is 1. The Morgan fingerprint density at radius 2 is 2.27 bits per heavy atom. The van der Waals surface area contributed by atoms with Crippen LogP contribution in [0.25, 0.3) is 5.69 Å². The lowest BCUT2D eigenvalue weighted by Crippen LogP contribution is -2.00. The van der Waals surface area contributed by atoms with E-state index in [0.717, 1.165) is 6.29 Å². The predicted octanol–water partition coefficient (Wildman–Crippen LogP) is 1.56. The largest absolute Gasteiger partial charge is 0.296 e. The second kappa shape index (κ2) is 3.76. The molecule has 4 nitrogen and oxygen atoms in total. The van der Waals surface area contributed by atoms with Crippen molar-refractivity contribution >= 4 is 6.29 Å². The third-order valence-electron chi connectivity index (χ3n) is 2.01. The van der Waals surface area contributed by atoms with E-state index in [2.05, 4.69) is 5.10 Å². The zero-order valence-corrected chi connectivity index (χ0v) is 7.79. The van der Waals surface area contributed by atoms with Crippen molar-refractivity contribution in [3.8, 4) is 11.8 Å². The Balaban J connectivity index is 2.54. The zero-order chi connectivity index (χ0) is 10.7. The van der Waals surface area contributed by atoms with E-state index in [4.69, 9.17) is 5.26 Å². The molecule has 0 bridgehead atoms. The fourth-order valence-corrected chi connectivity index (χ4v) is 1.33. The summed E-state index contributed by atoms with van der Waals surface area (Å²) in [6.45, 7) is 0. The molecule has 0 unspecified atom stereocenters. The molecule has 0 amide bonds. The molecule has 0 atom stereocenters. The molecule has 0 radical (unpaired) electrons. The molecule has 1 heterocycles. The maximum absolute atomic E-state index is 10.7. The van der Waals surface area contributed by atoms with E-state index in [-0.39, 0.29) is 0 Å². The van der Waals surface area contributed by atoms with Crippen molar-refractivity contribution < 1.29 is 4.79 Å². The molecular weight excluding hydrogens is 190 g/mol. The number of aldehydes is 1. The molecule has 0 aliphatic heterocycles. The van der Waals surface area contributed by atoms with Gasteiger partial charge in [0.15, 0.2) is 6.29 Å². The standard InChI is InChI=1S/C11H7N3O/c12-7-9-2-1-3-10(6-9)14-11(8-15)4-5-13-14/h1-6,8H. The number of hydrogen-bond acceptors (Lipinski definition) is 3. The van der Waals surface area contributed by atoms with Gasteiger partial charge in [-0.2, -0.15) is 10.4 Å². The van der Waals surface area contributed by atoms with Crippen molar-refractivity contribution in [2.45, 2.75) is 0 Å². The summed E-state index contributed by atoms with van der Waals surface area (Å²) in [7, 11) is 0. The molecule has 0 aliphatic carbocycles. The zero-order valence-electron chi connectivity index (χ0n) is 7.79. The number of rotatable bonds is 2. The van der Waals surface area contributed by atoms with Crippen LogP contribution in [0.5, 0.6) is 0 Å². The van der Waals surface area contributed by atoms with Gasteiger partial charge in [0, 0.05) is 0 Å². The van der Waals surface area contributed by atoms with Crippen LogP contribution in [-0.2, 0) is 0 Å². The molecule has 1 aromatic heterocycles. The first kappa shape index (κ1) is 9.16. The second-order valence-electron chi connectivity index (χ2n) is 2.95. The number of nitrogens with zero attached hydrogens (tertiary/aromatic N) is 3. The maximum atomic E-state index is 10.7. The van der Waals surface area contributed by atoms with Crippen LogP contribution in [0.1, 0.15) is 16.1 Å². The number of aromatic nitrogens is 2. The highest BCUT2D eigenvalue weighted by molar-refractivity contribution is 5.73. The van der Waals surface area contributed by atoms with Gasteiger partial charge in [0.2, 0.25) is 0 Å². The van der Waals surface area contributed by atoms with E-state index < -0.39 is 0 Å². The molecule has 0 saturated heterocycles. The van der Waals surface area contributed by atoms with E-state index in [1.807, 2.05) is 6.07 Å². The highest BCUT2D eigenvalue weighted by Crippen LogP contribution is 2.10. The lowest BCUT2D eigenvalue weighted by molar-refractivity contribution is 0.111. The SMILES string of the molecule is N#Cc1cccc(-n2nccc2C=O)c1. The summed E-state index contributed by atoms with van der Waals surface area (Å²) in [6, 6.07) is 10.6. The van der Waals surface area contributed by atoms with Gasteiger partial charge in [-0.1, -0.05) is 6.07 Å². The van der Waals surface area contributed by atoms with Gasteiger partial charge in [-0.25, -0.2) is 4.68 Å². The fourth-order valence-electron chi connectivity index (χ4n) is 1.33. The maximum Gasteiger partial charge on any atom is 0.168 e. The highest BCUT2D eigenvalue weighted by atomic mass is 16.1. The summed E-state index contributed by atoms with van der Waals surface area (Å²) in [5.74, 6) is 0. The summed E-state index contributed by atoms with van der Waals surface area (Å²) >= 11 is 0. The second-order valence-corrected chi connectivity index (χ2v) is 2.95. The van der Waals surface area contributed by atoms with Crippen LogP contribution in [0, 0.1) is 11.3 Å². The van der Waals surface area contributed by atoms with Gasteiger partial charge in [-0.3, -0.25) is 4.79 Å². The first-order valence-corrected chi connectivity index (χ1v) is 4.35. The average molecular weight is 197 g/mol. The Hall–Kier alpha value is -2.41. The number of benzene rings is 1. The van der Waals surface area contributed by atoms with Gasteiger partial charge >= 0.3 is 0 Å². The van der Waals surface area contributed by atoms with Gasteiger partial charge in [-0.05, 0) is 24.3 Å². The molecule has 0 N–H and O–H groups in total. The van der Waals surface area contributed by atoms with Crippen LogP contribution >= 0.6 is 0 Å². The van der Waals surface area contributed by atoms with Crippen molar-refractivity contribution in [3.63, 3.8) is 0 Å². The molecule has 15 heavy (non-hydrogen) atoms. The minimum atomic E-state index is 0.463. The minimum Gasteiger partial charge on any atom is -0.296 e. The molecule has 0 aliphatic rings. The summed E-state index contributed by atoms with van der Waals surface area (Å²) in [5, 5.41) is 12.7. The Kier molecular flexibility index (Phi) is 2.30. The lowest BCUT2D eigenvalue weighted by Gasteiger charge is -2.02. The predicted molar refractivity (Wildman–Crippen MR) is 53.7 cm³/mol.